The summed E-state index contributed by atoms with van der Waals surface area (Å²) in [6.45, 7) is 11.1. The van der Waals surface area contributed by atoms with E-state index >= 15 is 0 Å². The Morgan fingerprint density at radius 1 is 1.22 bits per heavy atom. The molecule has 3 nitrogen and oxygen atoms in total. The van der Waals surface area contributed by atoms with Crippen molar-refractivity contribution >= 4 is 0 Å². The van der Waals surface area contributed by atoms with Crippen LogP contribution in [0.3, 0.4) is 0 Å². The highest BCUT2D eigenvalue weighted by atomic mass is 15.3. The van der Waals surface area contributed by atoms with Crippen molar-refractivity contribution in [3.63, 3.8) is 0 Å². The van der Waals surface area contributed by atoms with Crippen molar-refractivity contribution in [2.24, 2.45) is 5.92 Å². The number of rotatable bonds is 5. The third-order valence-electron chi connectivity index (χ3n) is 5.26. The average Bonchev–Trinajstić information content (AvgIpc) is 3.10. The van der Waals surface area contributed by atoms with Gasteiger partial charge in [0.1, 0.15) is 0 Å². The summed E-state index contributed by atoms with van der Waals surface area (Å²) < 4.78 is 0. The van der Waals surface area contributed by atoms with Gasteiger partial charge in [-0.25, -0.2) is 0 Å². The molecule has 3 heteroatoms. The van der Waals surface area contributed by atoms with Crippen molar-refractivity contribution in [2.45, 2.75) is 57.7 Å². The van der Waals surface area contributed by atoms with E-state index in [1.54, 1.807) is 0 Å². The van der Waals surface area contributed by atoms with Gasteiger partial charge in [-0.3, -0.25) is 9.80 Å². The molecule has 0 aromatic rings. The number of nitrogens with one attached hydrogen (secondary N) is 1. The van der Waals surface area contributed by atoms with Gasteiger partial charge in [-0.2, -0.15) is 0 Å². The SMILES string of the molecule is CC(NCCN1CC2CCCN2CC1C)C1CC1. The zero-order valence-electron chi connectivity index (χ0n) is 12.1. The molecular formula is C15H29N3. The summed E-state index contributed by atoms with van der Waals surface area (Å²) in [5.74, 6) is 0.981. The van der Waals surface area contributed by atoms with Gasteiger partial charge in [0.2, 0.25) is 0 Å². The molecule has 3 fully saturated rings. The smallest absolute Gasteiger partial charge is 0.0224 e. The lowest BCUT2D eigenvalue weighted by Gasteiger charge is -2.42. The summed E-state index contributed by atoms with van der Waals surface area (Å²) in [6.07, 6.45) is 5.74. The van der Waals surface area contributed by atoms with Crippen molar-refractivity contribution in [2.75, 3.05) is 32.7 Å². The molecule has 1 aliphatic carbocycles. The van der Waals surface area contributed by atoms with Gasteiger partial charge in [0.25, 0.3) is 0 Å². The molecule has 0 amide bonds. The van der Waals surface area contributed by atoms with Gasteiger partial charge < -0.3 is 5.32 Å². The van der Waals surface area contributed by atoms with E-state index in [0.717, 1.165) is 24.0 Å². The Hall–Kier alpha value is -0.120. The third kappa shape index (κ3) is 2.89. The van der Waals surface area contributed by atoms with Crippen LogP contribution >= 0.6 is 0 Å². The summed E-state index contributed by atoms with van der Waals surface area (Å²) in [4.78, 5) is 5.42. The molecule has 2 aliphatic heterocycles. The van der Waals surface area contributed by atoms with Crippen LogP contribution in [0.15, 0.2) is 0 Å². The average molecular weight is 251 g/mol. The van der Waals surface area contributed by atoms with Gasteiger partial charge in [-0.05, 0) is 52.0 Å². The first kappa shape index (κ1) is 12.9. The molecule has 0 aromatic carbocycles. The van der Waals surface area contributed by atoms with E-state index < -0.39 is 0 Å². The molecule has 3 aliphatic rings. The van der Waals surface area contributed by atoms with Crippen LogP contribution < -0.4 is 5.32 Å². The Morgan fingerprint density at radius 2 is 2.06 bits per heavy atom. The third-order valence-corrected chi connectivity index (χ3v) is 5.26. The minimum atomic E-state index is 0.744. The zero-order valence-corrected chi connectivity index (χ0v) is 12.1. The highest BCUT2D eigenvalue weighted by molar-refractivity contribution is 4.91. The number of piperazine rings is 1. The molecule has 18 heavy (non-hydrogen) atoms. The van der Waals surface area contributed by atoms with Crippen LogP contribution in [0.4, 0.5) is 0 Å². The minimum Gasteiger partial charge on any atom is -0.313 e. The minimum absolute atomic E-state index is 0.744. The van der Waals surface area contributed by atoms with Gasteiger partial charge in [-0.15, -0.1) is 0 Å². The summed E-state index contributed by atoms with van der Waals surface area (Å²) in [7, 11) is 0. The quantitative estimate of drug-likeness (QED) is 0.800. The largest absolute Gasteiger partial charge is 0.313 e. The maximum Gasteiger partial charge on any atom is 0.0224 e. The van der Waals surface area contributed by atoms with Gasteiger partial charge in [0, 0.05) is 44.3 Å². The molecular weight excluding hydrogens is 222 g/mol. The van der Waals surface area contributed by atoms with E-state index in [-0.39, 0.29) is 0 Å². The van der Waals surface area contributed by atoms with Crippen LogP contribution in [0.5, 0.6) is 0 Å². The zero-order chi connectivity index (χ0) is 12.5. The van der Waals surface area contributed by atoms with Gasteiger partial charge >= 0.3 is 0 Å². The van der Waals surface area contributed by atoms with Crippen molar-refractivity contribution < 1.29 is 0 Å². The summed E-state index contributed by atoms with van der Waals surface area (Å²) >= 11 is 0. The predicted molar refractivity (Wildman–Crippen MR) is 75.8 cm³/mol. The molecule has 3 unspecified atom stereocenters. The molecule has 104 valence electrons. The molecule has 2 heterocycles. The molecule has 2 saturated heterocycles. The fourth-order valence-electron chi connectivity index (χ4n) is 3.76. The lowest BCUT2D eigenvalue weighted by Crippen LogP contribution is -2.56. The van der Waals surface area contributed by atoms with Crippen LogP contribution in [0.25, 0.3) is 0 Å². The summed E-state index contributed by atoms with van der Waals surface area (Å²) in [5, 5.41) is 3.72. The Bertz CT molecular complexity index is 277. The Labute approximate surface area is 112 Å². The molecule has 3 rings (SSSR count). The lowest BCUT2D eigenvalue weighted by molar-refractivity contribution is 0.0598. The first-order chi connectivity index (χ1) is 8.74. The second-order valence-corrected chi connectivity index (χ2v) is 6.72. The van der Waals surface area contributed by atoms with Crippen LogP contribution in [0, 0.1) is 5.92 Å². The van der Waals surface area contributed by atoms with Crippen molar-refractivity contribution in [3.8, 4) is 0 Å². The molecule has 0 radical (unpaired) electrons. The summed E-state index contributed by atoms with van der Waals surface area (Å²) in [6, 6.07) is 2.35. The standard InChI is InChI=1S/C15H29N3/c1-12-10-18-8-3-4-15(18)11-17(12)9-7-16-13(2)14-5-6-14/h12-16H,3-11H2,1-2H3. The number of hydrogen-bond acceptors (Lipinski definition) is 3. The number of hydrogen-bond donors (Lipinski definition) is 1. The first-order valence-electron chi connectivity index (χ1n) is 7.95. The second kappa shape index (κ2) is 5.48. The van der Waals surface area contributed by atoms with Gasteiger partial charge in [-0.1, -0.05) is 0 Å². The Balaban J connectivity index is 1.41. The van der Waals surface area contributed by atoms with E-state index in [1.165, 1.54) is 58.4 Å². The van der Waals surface area contributed by atoms with Crippen LogP contribution in [-0.2, 0) is 0 Å². The van der Waals surface area contributed by atoms with E-state index in [4.69, 9.17) is 0 Å². The van der Waals surface area contributed by atoms with Crippen molar-refractivity contribution in [3.05, 3.63) is 0 Å². The highest BCUT2D eigenvalue weighted by Crippen LogP contribution is 2.32. The molecule has 3 atom stereocenters. The monoisotopic (exact) mass is 251 g/mol. The summed E-state index contributed by atoms with van der Waals surface area (Å²) in [5.41, 5.74) is 0. The lowest BCUT2D eigenvalue weighted by atomic mass is 10.1. The molecule has 1 N–H and O–H groups in total. The van der Waals surface area contributed by atoms with Crippen molar-refractivity contribution in [1.82, 2.24) is 15.1 Å². The fourth-order valence-corrected chi connectivity index (χ4v) is 3.76. The molecule has 1 saturated carbocycles. The highest BCUT2D eigenvalue weighted by Gasteiger charge is 2.34. The number of fused-ring (bicyclic) bond motifs is 1. The number of nitrogens with zero attached hydrogens (tertiary/aromatic N) is 2. The Morgan fingerprint density at radius 3 is 2.83 bits per heavy atom. The van der Waals surface area contributed by atoms with Gasteiger partial charge in [0.05, 0.1) is 0 Å². The Kier molecular flexibility index (Phi) is 3.92. The van der Waals surface area contributed by atoms with Crippen LogP contribution in [0.1, 0.15) is 39.5 Å². The normalized spacial score (nSPS) is 35.7. The van der Waals surface area contributed by atoms with E-state index in [9.17, 15) is 0 Å². The van der Waals surface area contributed by atoms with Crippen LogP contribution in [0.2, 0.25) is 0 Å². The topological polar surface area (TPSA) is 18.5 Å². The molecule has 0 bridgehead atoms. The first-order valence-corrected chi connectivity index (χ1v) is 7.95. The maximum atomic E-state index is 3.72. The van der Waals surface area contributed by atoms with Gasteiger partial charge in [0.15, 0.2) is 0 Å². The van der Waals surface area contributed by atoms with E-state index in [0.29, 0.717) is 0 Å². The fraction of sp³-hybridized carbons (Fsp3) is 1.00. The van der Waals surface area contributed by atoms with E-state index in [1.807, 2.05) is 0 Å². The second-order valence-electron chi connectivity index (χ2n) is 6.72. The van der Waals surface area contributed by atoms with Crippen molar-refractivity contribution in [1.29, 1.82) is 0 Å². The van der Waals surface area contributed by atoms with Crippen LogP contribution in [-0.4, -0.2) is 60.6 Å². The maximum absolute atomic E-state index is 3.72. The molecule has 0 aromatic heterocycles. The molecule has 0 spiro atoms. The predicted octanol–water partition coefficient (Wildman–Crippen LogP) is 1.54. The van der Waals surface area contributed by atoms with E-state index in [2.05, 4.69) is 29.0 Å².